The normalized spacial score (nSPS) is 21.1. The maximum absolute atomic E-state index is 13.2. The molecule has 0 bridgehead atoms. The van der Waals surface area contributed by atoms with Gasteiger partial charge in [-0.05, 0) is 11.6 Å². The quantitative estimate of drug-likeness (QED) is 0.620. The number of hydrogen-bond acceptors (Lipinski definition) is 7. The number of aromatic amines is 1. The van der Waals surface area contributed by atoms with E-state index in [2.05, 4.69) is 20.2 Å². The number of amides is 3. The van der Waals surface area contributed by atoms with E-state index in [1.54, 1.807) is 19.0 Å². The van der Waals surface area contributed by atoms with Gasteiger partial charge in [-0.3, -0.25) is 9.69 Å². The number of urea groups is 1. The first-order chi connectivity index (χ1) is 15.5. The van der Waals surface area contributed by atoms with Crippen molar-refractivity contribution in [3.8, 4) is 5.88 Å². The van der Waals surface area contributed by atoms with Crippen LogP contribution in [0.2, 0.25) is 0 Å². The van der Waals surface area contributed by atoms with E-state index in [0.29, 0.717) is 5.39 Å². The molecule has 2 atom stereocenters. The average Bonchev–Trinajstić information content (AvgIpc) is 3.30. The highest BCUT2D eigenvalue weighted by Gasteiger charge is 2.51. The van der Waals surface area contributed by atoms with E-state index in [1.807, 2.05) is 54.6 Å². The summed E-state index contributed by atoms with van der Waals surface area (Å²) in [7, 11) is 3.31. The van der Waals surface area contributed by atoms with Crippen LogP contribution in [0.4, 0.5) is 10.5 Å². The van der Waals surface area contributed by atoms with Gasteiger partial charge in [-0.1, -0.05) is 48.5 Å². The van der Waals surface area contributed by atoms with E-state index in [4.69, 9.17) is 0 Å². The molecule has 0 radical (unpaired) electrons. The second kappa shape index (κ2) is 7.49. The molecular formula is C22H21N7O3. The number of H-pyrrole nitrogens is 1. The summed E-state index contributed by atoms with van der Waals surface area (Å²) in [5.74, 6) is -0.237. The summed E-state index contributed by atoms with van der Waals surface area (Å²) in [5.41, 5.74) is 1.87. The van der Waals surface area contributed by atoms with Gasteiger partial charge in [0.25, 0.3) is 5.91 Å². The van der Waals surface area contributed by atoms with Crippen molar-refractivity contribution in [3.63, 3.8) is 0 Å². The molecule has 2 N–H and O–H groups in total. The number of para-hydroxylation sites is 1. The highest BCUT2D eigenvalue weighted by molar-refractivity contribution is 6.04. The summed E-state index contributed by atoms with van der Waals surface area (Å²) in [5, 5.41) is 19.3. The topological polar surface area (TPSA) is 117 Å². The van der Waals surface area contributed by atoms with Crippen molar-refractivity contribution in [2.75, 3.05) is 14.1 Å². The lowest BCUT2D eigenvalue weighted by Gasteiger charge is -2.40. The van der Waals surface area contributed by atoms with Crippen LogP contribution in [0.5, 0.6) is 5.88 Å². The summed E-state index contributed by atoms with van der Waals surface area (Å²) < 4.78 is 0. The Bertz CT molecular complexity index is 1270. The first-order valence-electron chi connectivity index (χ1n) is 10.1. The standard InChI is InChI=1S/C22H21N7O3/c1-27-17-18(28(2)22(32)29(20(17)31)12-13-8-4-3-5-9-13)24-21(27)26-25-16-14-10-6-7-11-15(14)23-19(16)30/h3-11,17-18,23,30H,12H2,1-2H3. The lowest BCUT2D eigenvalue weighted by atomic mass is 10.1. The Morgan fingerprint density at radius 3 is 2.50 bits per heavy atom. The summed E-state index contributed by atoms with van der Waals surface area (Å²) in [4.78, 5) is 37.7. The number of carbonyl (C=O) groups excluding carboxylic acids is 2. The Kier molecular flexibility index (Phi) is 4.62. The third-order valence-electron chi connectivity index (χ3n) is 5.79. The second-order valence-corrected chi connectivity index (χ2v) is 7.77. The maximum Gasteiger partial charge on any atom is 0.328 e. The molecule has 1 saturated heterocycles. The minimum Gasteiger partial charge on any atom is -0.493 e. The van der Waals surface area contributed by atoms with Gasteiger partial charge < -0.3 is 19.9 Å². The minimum absolute atomic E-state index is 0.106. The van der Waals surface area contributed by atoms with Crippen LogP contribution < -0.4 is 0 Å². The van der Waals surface area contributed by atoms with Gasteiger partial charge >= 0.3 is 6.03 Å². The molecule has 0 saturated carbocycles. The zero-order chi connectivity index (χ0) is 22.4. The highest BCUT2D eigenvalue weighted by atomic mass is 16.3. The van der Waals surface area contributed by atoms with E-state index in [0.717, 1.165) is 11.1 Å². The number of guanidine groups is 1. The number of nitrogens with zero attached hydrogens (tertiary/aromatic N) is 6. The molecule has 162 valence electrons. The molecule has 2 aromatic carbocycles. The predicted octanol–water partition coefficient (Wildman–Crippen LogP) is 3.05. The number of aliphatic imine (C=N–C) groups is 1. The number of carbonyl (C=O) groups is 2. The van der Waals surface area contributed by atoms with Gasteiger partial charge in [0.05, 0.1) is 12.1 Å². The van der Waals surface area contributed by atoms with Gasteiger partial charge in [-0.15, -0.1) is 10.2 Å². The largest absolute Gasteiger partial charge is 0.493 e. The van der Waals surface area contributed by atoms with E-state index in [-0.39, 0.29) is 30.0 Å². The number of benzene rings is 2. The van der Waals surface area contributed by atoms with Crippen molar-refractivity contribution < 1.29 is 14.7 Å². The van der Waals surface area contributed by atoms with Gasteiger partial charge in [0.2, 0.25) is 11.8 Å². The van der Waals surface area contributed by atoms with Crippen LogP contribution in [-0.4, -0.2) is 69.0 Å². The SMILES string of the molecule is CN1C(=O)N(Cc2ccccc2)C(=O)C2C1N=C(N=Nc1c(O)[nH]c3ccccc13)N2C. The van der Waals surface area contributed by atoms with E-state index in [1.165, 1.54) is 9.80 Å². The summed E-state index contributed by atoms with van der Waals surface area (Å²) in [6.07, 6.45) is -0.697. The lowest BCUT2D eigenvalue weighted by Crippen LogP contribution is -2.64. The molecule has 3 aromatic rings. The van der Waals surface area contributed by atoms with Crippen LogP contribution in [0.3, 0.4) is 0 Å². The number of nitrogens with one attached hydrogen (secondary N) is 1. The molecule has 3 heterocycles. The summed E-state index contributed by atoms with van der Waals surface area (Å²) in [6.45, 7) is 0.181. The number of aromatic nitrogens is 1. The molecule has 1 fully saturated rings. The van der Waals surface area contributed by atoms with Crippen molar-refractivity contribution in [2.24, 2.45) is 15.2 Å². The average molecular weight is 431 g/mol. The zero-order valence-corrected chi connectivity index (χ0v) is 17.5. The summed E-state index contributed by atoms with van der Waals surface area (Å²) in [6, 6.07) is 15.6. The Balaban J connectivity index is 1.42. The van der Waals surface area contributed by atoms with Crippen LogP contribution in [0.15, 0.2) is 69.8 Å². The Morgan fingerprint density at radius 1 is 1.00 bits per heavy atom. The maximum atomic E-state index is 13.2. The fourth-order valence-corrected chi connectivity index (χ4v) is 4.07. The van der Waals surface area contributed by atoms with E-state index >= 15 is 0 Å². The monoisotopic (exact) mass is 431 g/mol. The molecule has 0 spiro atoms. The molecule has 0 aliphatic carbocycles. The molecule has 2 aliphatic rings. The number of rotatable bonds is 3. The number of fused-ring (bicyclic) bond motifs is 2. The van der Waals surface area contributed by atoms with Crippen LogP contribution in [-0.2, 0) is 11.3 Å². The van der Waals surface area contributed by atoms with Crippen LogP contribution in [0.25, 0.3) is 10.9 Å². The third kappa shape index (κ3) is 3.08. The summed E-state index contributed by atoms with van der Waals surface area (Å²) >= 11 is 0. The van der Waals surface area contributed by atoms with Gasteiger partial charge in [0.1, 0.15) is 0 Å². The number of likely N-dealkylation sites (N-methyl/N-ethyl adjacent to an activating group) is 2. The van der Waals surface area contributed by atoms with Crippen molar-refractivity contribution in [2.45, 2.75) is 18.8 Å². The van der Waals surface area contributed by atoms with Crippen molar-refractivity contribution in [1.82, 2.24) is 19.7 Å². The van der Waals surface area contributed by atoms with Crippen LogP contribution >= 0.6 is 0 Å². The smallest absolute Gasteiger partial charge is 0.328 e. The minimum atomic E-state index is -0.702. The van der Waals surface area contributed by atoms with Gasteiger partial charge in [-0.2, -0.15) is 0 Å². The Morgan fingerprint density at radius 2 is 1.72 bits per heavy atom. The Labute approximate surface area is 183 Å². The molecular weight excluding hydrogens is 410 g/mol. The molecule has 2 unspecified atom stereocenters. The highest BCUT2D eigenvalue weighted by Crippen LogP contribution is 2.36. The van der Waals surface area contributed by atoms with E-state index < -0.39 is 18.2 Å². The lowest BCUT2D eigenvalue weighted by molar-refractivity contribution is -0.137. The number of hydrogen-bond donors (Lipinski definition) is 2. The van der Waals surface area contributed by atoms with Crippen LogP contribution in [0.1, 0.15) is 5.56 Å². The molecule has 32 heavy (non-hydrogen) atoms. The first kappa shape index (κ1) is 19.7. The third-order valence-corrected chi connectivity index (χ3v) is 5.79. The second-order valence-electron chi connectivity index (χ2n) is 7.77. The first-order valence-corrected chi connectivity index (χ1v) is 10.1. The fraction of sp³-hybridized carbons (Fsp3) is 0.227. The molecule has 3 amide bonds. The number of imide groups is 1. The van der Waals surface area contributed by atoms with Gasteiger partial charge in [0, 0.05) is 19.5 Å². The molecule has 10 heteroatoms. The Hall–Kier alpha value is -4.21. The van der Waals surface area contributed by atoms with E-state index in [9.17, 15) is 14.7 Å². The zero-order valence-electron chi connectivity index (χ0n) is 17.5. The predicted molar refractivity (Wildman–Crippen MR) is 117 cm³/mol. The molecule has 10 nitrogen and oxygen atoms in total. The number of aromatic hydroxyl groups is 1. The molecule has 2 aliphatic heterocycles. The van der Waals surface area contributed by atoms with Crippen molar-refractivity contribution in [1.29, 1.82) is 0 Å². The van der Waals surface area contributed by atoms with Crippen molar-refractivity contribution in [3.05, 3.63) is 60.2 Å². The fourth-order valence-electron chi connectivity index (χ4n) is 4.07. The number of azo groups is 1. The molecule has 5 rings (SSSR count). The van der Waals surface area contributed by atoms with Crippen LogP contribution in [0, 0.1) is 0 Å². The van der Waals surface area contributed by atoms with Gasteiger partial charge in [-0.25, -0.2) is 9.79 Å². The molecule has 1 aromatic heterocycles. The van der Waals surface area contributed by atoms with Crippen molar-refractivity contribution >= 4 is 34.5 Å². The van der Waals surface area contributed by atoms with Gasteiger partial charge in [0.15, 0.2) is 17.9 Å².